The number of carbonyl (C=O) groups is 2. The topological polar surface area (TPSA) is 125 Å². The van der Waals surface area contributed by atoms with Gasteiger partial charge < -0.3 is 25.3 Å². The van der Waals surface area contributed by atoms with Crippen molar-refractivity contribution < 1.29 is 24.5 Å². The number of methoxy groups -OCH3 is 1. The number of nitrogens with one attached hydrogen (secondary N) is 2. The Balaban J connectivity index is 0.000000469. The lowest BCUT2D eigenvalue weighted by atomic mass is 10.1. The van der Waals surface area contributed by atoms with E-state index in [1.165, 1.54) is 5.56 Å². The first-order valence-electron chi connectivity index (χ1n) is 9.20. The third-order valence-corrected chi connectivity index (χ3v) is 4.89. The zero-order chi connectivity index (χ0) is 21.9. The van der Waals surface area contributed by atoms with E-state index in [-0.39, 0.29) is 6.04 Å². The molecule has 4 N–H and O–H groups in total. The summed E-state index contributed by atoms with van der Waals surface area (Å²) in [6.07, 6.45) is 3.18. The van der Waals surface area contributed by atoms with Gasteiger partial charge in [0.2, 0.25) is 0 Å². The lowest BCUT2D eigenvalue weighted by Crippen LogP contribution is -2.22. The van der Waals surface area contributed by atoms with Gasteiger partial charge in [-0.05, 0) is 48.3 Å². The second-order valence-corrected chi connectivity index (χ2v) is 7.30. The number of para-hydroxylation sites is 2. The molecule has 0 fully saturated rings. The third kappa shape index (κ3) is 7.09. The van der Waals surface area contributed by atoms with E-state index < -0.39 is 11.9 Å². The Bertz CT molecular complexity index is 914. The number of rotatable bonds is 8. The van der Waals surface area contributed by atoms with E-state index in [9.17, 15) is 0 Å². The van der Waals surface area contributed by atoms with Crippen LogP contribution in [-0.4, -0.2) is 51.2 Å². The first-order valence-corrected chi connectivity index (χ1v) is 10.6. The normalized spacial score (nSPS) is 11.4. The van der Waals surface area contributed by atoms with Crippen LogP contribution < -0.4 is 10.1 Å². The molecule has 1 atom stereocenters. The highest BCUT2D eigenvalue weighted by Crippen LogP contribution is 2.21. The molecule has 0 aliphatic heterocycles. The Hall–Kier alpha value is -3.04. The number of aliphatic carboxylic acids is 2. The van der Waals surface area contributed by atoms with Gasteiger partial charge in [0, 0.05) is 6.54 Å². The summed E-state index contributed by atoms with van der Waals surface area (Å²) in [5.41, 5.74) is 3.35. The monoisotopic (exact) mass is 431 g/mol. The average molecular weight is 432 g/mol. The van der Waals surface area contributed by atoms with Crippen molar-refractivity contribution in [3.63, 3.8) is 0 Å². The minimum absolute atomic E-state index is 0.215. The number of thioether (sulfide) groups is 1. The second kappa shape index (κ2) is 11.8. The van der Waals surface area contributed by atoms with E-state index in [1.807, 2.05) is 42.1 Å². The molecule has 9 heteroatoms. The molecule has 0 aliphatic rings. The van der Waals surface area contributed by atoms with Gasteiger partial charge >= 0.3 is 11.9 Å². The number of nitrogens with zero attached hydrogens (tertiary/aromatic N) is 1. The molecule has 0 amide bonds. The average Bonchev–Trinajstić information content (AvgIpc) is 3.18. The Morgan fingerprint density at radius 1 is 1.13 bits per heavy atom. The van der Waals surface area contributed by atoms with Gasteiger partial charge in [-0.1, -0.05) is 24.3 Å². The lowest BCUT2D eigenvalue weighted by Gasteiger charge is -2.16. The van der Waals surface area contributed by atoms with Crippen LogP contribution in [0.2, 0.25) is 0 Å². The number of carboxylic acid groups (broad SMARTS) is 2. The number of hydrogen-bond donors (Lipinski definition) is 4. The SMILES string of the molecule is COc1ccc(CNC(CCSC)c2nc3ccccc3[nH]2)cc1.O=C(O)C(=O)O. The highest BCUT2D eigenvalue weighted by atomic mass is 32.2. The van der Waals surface area contributed by atoms with Crippen LogP contribution in [0, 0.1) is 0 Å². The zero-order valence-corrected chi connectivity index (χ0v) is 17.6. The Kier molecular flexibility index (Phi) is 9.17. The van der Waals surface area contributed by atoms with Gasteiger partial charge in [-0.2, -0.15) is 11.8 Å². The highest BCUT2D eigenvalue weighted by Gasteiger charge is 2.15. The summed E-state index contributed by atoms with van der Waals surface area (Å²) in [7, 11) is 1.69. The largest absolute Gasteiger partial charge is 0.497 e. The van der Waals surface area contributed by atoms with Crippen LogP contribution in [0.4, 0.5) is 0 Å². The van der Waals surface area contributed by atoms with E-state index in [0.717, 1.165) is 41.3 Å². The maximum Gasteiger partial charge on any atom is 0.414 e. The molecule has 0 spiro atoms. The van der Waals surface area contributed by atoms with Gasteiger partial charge in [0.25, 0.3) is 0 Å². The molecule has 0 saturated carbocycles. The van der Waals surface area contributed by atoms with Crippen molar-refractivity contribution in [1.82, 2.24) is 15.3 Å². The number of carboxylic acids is 2. The summed E-state index contributed by atoms with van der Waals surface area (Å²) in [4.78, 5) is 26.4. The number of benzene rings is 2. The van der Waals surface area contributed by atoms with E-state index in [2.05, 4.69) is 34.8 Å². The number of ether oxygens (including phenoxy) is 1. The van der Waals surface area contributed by atoms with Crippen molar-refractivity contribution in [2.75, 3.05) is 19.1 Å². The number of aromatic nitrogens is 2. The van der Waals surface area contributed by atoms with Crippen LogP contribution in [0.15, 0.2) is 48.5 Å². The molecule has 0 radical (unpaired) electrons. The van der Waals surface area contributed by atoms with Crippen LogP contribution in [0.1, 0.15) is 23.9 Å². The van der Waals surface area contributed by atoms with Crippen LogP contribution >= 0.6 is 11.8 Å². The van der Waals surface area contributed by atoms with Gasteiger partial charge in [-0.15, -0.1) is 0 Å². The van der Waals surface area contributed by atoms with Gasteiger partial charge in [0.15, 0.2) is 0 Å². The summed E-state index contributed by atoms with van der Waals surface area (Å²) in [6.45, 7) is 0.806. The molecule has 3 rings (SSSR count). The highest BCUT2D eigenvalue weighted by molar-refractivity contribution is 7.98. The van der Waals surface area contributed by atoms with Gasteiger partial charge in [-0.25, -0.2) is 14.6 Å². The predicted molar refractivity (Wildman–Crippen MR) is 117 cm³/mol. The fourth-order valence-corrected chi connectivity index (χ4v) is 3.16. The van der Waals surface area contributed by atoms with Crippen molar-refractivity contribution in [1.29, 1.82) is 0 Å². The van der Waals surface area contributed by atoms with Crippen LogP contribution in [0.25, 0.3) is 11.0 Å². The Morgan fingerprint density at radius 2 is 1.80 bits per heavy atom. The third-order valence-electron chi connectivity index (χ3n) is 4.24. The lowest BCUT2D eigenvalue weighted by molar-refractivity contribution is -0.159. The number of H-pyrrole nitrogens is 1. The van der Waals surface area contributed by atoms with E-state index in [1.54, 1.807) is 7.11 Å². The predicted octanol–water partition coefficient (Wildman–Crippen LogP) is 3.31. The summed E-state index contributed by atoms with van der Waals surface area (Å²) < 4.78 is 5.21. The standard InChI is InChI=1S/C19H23N3OS.C2H2O4/c1-23-15-9-7-14(8-10-15)13-20-18(11-12-24-2)19-21-16-5-3-4-6-17(16)22-19;3-1(4)2(5)6/h3-10,18,20H,11-13H2,1-2H3,(H,21,22);(H,3,4)(H,5,6). The van der Waals surface area contributed by atoms with Crippen molar-refractivity contribution in [2.24, 2.45) is 0 Å². The molecule has 1 unspecified atom stereocenters. The van der Waals surface area contributed by atoms with Crippen molar-refractivity contribution in [3.05, 3.63) is 59.9 Å². The fraction of sp³-hybridized carbons (Fsp3) is 0.286. The molecule has 160 valence electrons. The molecule has 8 nitrogen and oxygen atoms in total. The van der Waals surface area contributed by atoms with Crippen molar-refractivity contribution in [3.8, 4) is 5.75 Å². The molecule has 0 saturated heterocycles. The molecule has 30 heavy (non-hydrogen) atoms. The van der Waals surface area contributed by atoms with Crippen molar-refractivity contribution in [2.45, 2.75) is 19.0 Å². The summed E-state index contributed by atoms with van der Waals surface area (Å²) in [5.74, 6) is -0.657. The minimum atomic E-state index is -1.82. The number of hydrogen-bond acceptors (Lipinski definition) is 6. The first-order chi connectivity index (χ1) is 14.4. The molecule has 1 heterocycles. The quantitative estimate of drug-likeness (QED) is 0.401. The molecule has 3 aromatic rings. The molecule has 1 aromatic heterocycles. The number of aromatic amines is 1. The number of imidazole rings is 1. The van der Waals surface area contributed by atoms with Crippen LogP contribution in [0.3, 0.4) is 0 Å². The summed E-state index contributed by atoms with van der Waals surface area (Å²) >= 11 is 1.86. The second-order valence-electron chi connectivity index (χ2n) is 6.31. The van der Waals surface area contributed by atoms with Crippen LogP contribution in [-0.2, 0) is 16.1 Å². The van der Waals surface area contributed by atoms with Gasteiger partial charge in [-0.3, -0.25) is 0 Å². The van der Waals surface area contributed by atoms with Crippen molar-refractivity contribution >= 4 is 34.7 Å². The zero-order valence-electron chi connectivity index (χ0n) is 16.8. The van der Waals surface area contributed by atoms with E-state index in [4.69, 9.17) is 29.5 Å². The minimum Gasteiger partial charge on any atom is -0.497 e. The molecular weight excluding hydrogens is 406 g/mol. The van der Waals surface area contributed by atoms with E-state index in [0.29, 0.717) is 0 Å². The molecular formula is C21H25N3O5S. The Labute approximate surface area is 178 Å². The molecule has 0 aliphatic carbocycles. The summed E-state index contributed by atoms with van der Waals surface area (Å²) in [6, 6.07) is 16.6. The van der Waals surface area contributed by atoms with E-state index >= 15 is 0 Å². The Morgan fingerprint density at radius 3 is 2.37 bits per heavy atom. The maximum atomic E-state index is 9.10. The van der Waals surface area contributed by atoms with Gasteiger partial charge in [0.1, 0.15) is 11.6 Å². The smallest absolute Gasteiger partial charge is 0.414 e. The maximum absolute atomic E-state index is 9.10. The summed E-state index contributed by atoms with van der Waals surface area (Å²) in [5, 5.41) is 18.4. The molecule has 2 aromatic carbocycles. The van der Waals surface area contributed by atoms with Gasteiger partial charge in [0.05, 0.1) is 24.2 Å². The molecule has 0 bridgehead atoms. The fourth-order valence-electron chi connectivity index (χ4n) is 2.69. The van der Waals surface area contributed by atoms with Crippen LogP contribution in [0.5, 0.6) is 5.75 Å². The first kappa shape index (κ1) is 23.2. The number of fused-ring (bicyclic) bond motifs is 1.